The van der Waals surface area contributed by atoms with Gasteiger partial charge in [0.1, 0.15) is 5.75 Å². The van der Waals surface area contributed by atoms with Gasteiger partial charge in [-0.2, -0.15) is 13.2 Å². The first-order chi connectivity index (χ1) is 14.4. The minimum atomic E-state index is -4.40. The second-order valence-corrected chi connectivity index (χ2v) is 6.96. The number of rotatable bonds is 7. The smallest absolute Gasteiger partial charge is 0.416 e. The van der Waals surface area contributed by atoms with Gasteiger partial charge in [0.05, 0.1) is 18.3 Å². The molecule has 158 valence electrons. The third-order valence-corrected chi connectivity index (χ3v) is 4.83. The van der Waals surface area contributed by atoms with E-state index < -0.39 is 17.7 Å². The fourth-order valence-corrected chi connectivity index (χ4v) is 3.01. The standard InChI is InChI=1S/C24H23F3O3/c1-2-29-23(28)8-4-7-22(17-9-13-19(14-10-17)24(25,26)27)18-11-15-21(16-12-18)30-20-5-3-6-20/h4,7-16,20H,2-3,5-6H2,1H3/b8-4+,22-7-. The Morgan fingerprint density at radius 1 is 1.03 bits per heavy atom. The van der Waals surface area contributed by atoms with Crippen LogP contribution < -0.4 is 4.74 Å². The highest BCUT2D eigenvalue weighted by Crippen LogP contribution is 2.32. The van der Waals surface area contributed by atoms with Crippen molar-refractivity contribution in [2.45, 2.75) is 38.5 Å². The molecule has 1 aliphatic carbocycles. The summed E-state index contributed by atoms with van der Waals surface area (Å²) in [4.78, 5) is 11.6. The quantitative estimate of drug-likeness (QED) is 0.307. The number of benzene rings is 2. The van der Waals surface area contributed by atoms with E-state index in [0.29, 0.717) is 11.1 Å². The molecule has 0 heterocycles. The number of carbonyl (C=O) groups excluding carboxylic acids is 1. The Hall–Kier alpha value is -3.02. The van der Waals surface area contributed by atoms with Crippen LogP contribution in [0.15, 0.2) is 66.8 Å². The SMILES string of the molecule is CCOC(=O)/C=C/C=C(\c1ccc(OC2CCC2)cc1)c1ccc(C(F)(F)F)cc1. The highest BCUT2D eigenvalue weighted by atomic mass is 19.4. The third-order valence-electron chi connectivity index (χ3n) is 4.83. The van der Waals surface area contributed by atoms with Crippen LogP contribution in [0.1, 0.15) is 42.9 Å². The lowest BCUT2D eigenvalue weighted by Gasteiger charge is -2.26. The number of ether oxygens (including phenoxy) is 2. The first kappa shape index (κ1) is 21.7. The lowest BCUT2D eigenvalue weighted by Crippen LogP contribution is -2.24. The topological polar surface area (TPSA) is 35.5 Å². The van der Waals surface area contributed by atoms with E-state index in [1.807, 2.05) is 24.3 Å². The van der Waals surface area contributed by atoms with Crippen molar-refractivity contribution < 1.29 is 27.4 Å². The van der Waals surface area contributed by atoms with Crippen LogP contribution in [0.25, 0.3) is 5.57 Å². The largest absolute Gasteiger partial charge is 0.490 e. The molecule has 0 N–H and O–H groups in total. The van der Waals surface area contributed by atoms with Gasteiger partial charge in [0, 0.05) is 6.08 Å². The van der Waals surface area contributed by atoms with E-state index in [9.17, 15) is 18.0 Å². The van der Waals surface area contributed by atoms with Crippen molar-refractivity contribution in [3.8, 4) is 5.75 Å². The summed E-state index contributed by atoms with van der Waals surface area (Å²) < 4.78 is 49.4. The molecule has 1 fully saturated rings. The van der Waals surface area contributed by atoms with Gasteiger partial charge in [0.15, 0.2) is 0 Å². The Morgan fingerprint density at radius 3 is 2.13 bits per heavy atom. The summed E-state index contributed by atoms with van der Waals surface area (Å²) in [5.74, 6) is 0.280. The summed E-state index contributed by atoms with van der Waals surface area (Å²) in [5.41, 5.74) is 1.37. The summed E-state index contributed by atoms with van der Waals surface area (Å²) >= 11 is 0. The molecule has 2 aromatic rings. The van der Waals surface area contributed by atoms with Gasteiger partial charge in [-0.05, 0) is 67.2 Å². The summed E-state index contributed by atoms with van der Waals surface area (Å²) in [5, 5.41) is 0. The van der Waals surface area contributed by atoms with E-state index in [-0.39, 0.29) is 12.7 Å². The fourth-order valence-electron chi connectivity index (χ4n) is 3.01. The lowest BCUT2D eigenvalue weighted by atomic mass is 9.95. The number of halogens is 3. The van der Waals surface area contributed by atoms with E-state index in [1.165, 1.54) is 30.7 Å². The van der Waals surface area contributed by atoms with Gasteiger partial charge < -0.3 is 9.47 Å². The number of hydrogen-bond acceptors (Lipinski definition) is 3. The zero-order valence-corrected chi connectivity index (χ0v) is 16.6. The molecule has 0 amide bonds. The van der Waals surface area contributed by atoms with Crippen LogP contribution in [-0.4, -0.2) is 18.7 Å². The molecule has 0 aliphatic heterocycles. The van der Waals surface area contributed by atoms with Crippen LogP contribution in [0.3, 0.4) is 0 Å². The maximum Gasteiger partial charge on any atom is 0.416 e. The van der Waals surface area contributed by atoms with Crippen molar-refractivity contribution in [1.82, 2.24) is 0 Å². The average molecular weight is 416 g/mol. The van der Waals surface area contributed by atoms with Gasteiger partial charge >= 0.3 is 12.1 Å². The molecule has 6 heteroatoms. The second-order valence-electron chi connectivity index (χ2n) is 6.96. The van der Waals surface area contributed by atoms with Crippen molar-refractivity contribution in [2.24, 2.45) is 0 Å². The van der Waals surface area contributed by atoms with Gasteiger partial charge in [-0.3, -0.25) is 0 Å². The Kier molecular flexibility index (Phi) is 6.98. The van der Waals surface area contributed by atoms with Crippen LogP contribution in [0, 0.1) is 0 Å². The number of allylic oxidation sites excluding steroid dienone is 2. The summed E-state index contributed by atoms with van der Waals surface area (Å²) in [6.07, 6.45) is 3.64. The average Bonchev–Trinajstić information content (AvgIpc) is 2.68. The summed E-state index contributed by atoms with van der Waals surface area (Å²) in [6, 6.07) is 12.3. The normalized spacial score (nSPS) is 15.1. The zero-order valence-electron chi connectivity index (χ0n) is 16.6. The molecule has 3 rings (SSSR count). The molecule has 2 aromatic carbocycles. The van der Waals surface area contributed by atoms with Crippen molar-refractivity contribution in [2.75, 3.05) is 6.61 Å². The summed E-state index contributed by atoms with van der Waals surface area (Å²) in [7, 11) is 0. The molecule has 0 radical (unpaired) electrons. The van der Waals surface area contributed by atoms with Gasteiger partial charge in [-0.15, -0.1) is 0 Å². The van der Waals surface area contributed by atoms with Gasteiger partial charge in [0.2, 0.25) is 0 Å². The molecule has 0 unspecified atom stereocenters. The molecule has 0 atom stereocenters. The monoisotopic (exact) mass is 416 g/mol. The molecule has 0 bridgehead atoms. The Balaban J connectivity index is 1.87. The number of alkyl halides is 3. The molecule has 1 saturated carbocycles. The van der Waals surface area contributed by atoms with E-state index in [2.05, 4.69) is 0 Å². The van der Waals surface area contributed by atoms with Crippen molar-refractivity contribution in [3.05, 3.63) is 83.4 Å². The highest BCUT2D eigenvalue weighted by molar-refractivity contribution is 5.85. The van der Waals surface area contributed by atoms with Crippen LogP contribution in [-0.2, 0) is 15.7 Å². The maximum absolute atomic E-state index is 12.9. The molecule has 3 nitrogen and oxygen atoms in total. The Morgan fingerprint density at radius 2 is 1.63 bits per heavy atom. The number of carbonyl (C=O) groups is 1. The predicted octanol–water partition coefficient (Wildman–Crippen LogP) is 6.19. The van der Waals surface area contributed by atoms with Crippen LogP contribution in [0.4, 0.5) is 13.2 Å². The molecule has 0 saturated heterocycles. The zero-order chi connectivity index (χ0) is 21.6. The van der Waals surface area contributed by atoms with Crippen molar-refractivity contribution in [3.63, 3.8) is 0 Å². The van der Waals surface area contributed by atoms with E-state index in [1.54, 1.807) is 13.0 Å². The first-order valence-corrected chi connectivity index (χ1v) is 9.86. The molecule has 0 spiro atoms. The molecule has 1 aliphatic rings. The third kappa shape index (κ3) is 5.75. The minimum absolute atomic E-state index is 0.258. The molecular formula is C24H23F3O3. The van der Waals surface area contributed by atoms with E-state index in [4.69, 9.17) is 9.47 Å². The minimum Gasteiger partial charge on any atom is -0.490 e. The second kappa shape index (κ2) is 9.65. The van der Waals surface area contributed by atoms with E-state index >= 15 is 0 Å². The van der Waals surface area contributed by atoms with Crippen molar-refractivity contribution in [1.29, 1.82) is 0 Å². The predicted molar refractivity (Wildman–Crippen MR) is 109 cm³/mol. The summed E-state index contributed by atoms with van der Waals surface area (Å²) in [6.45, 7) is 1.98. The molecule has 30 heavy (non-hydrogen) atoms. The molecular weight excluding hydrogens is 393 g/mol. The fraction of sp³-hybridized carbons (Fsp3) is 0.292. The number of hydrogen-bond donors (Lipinski definition) is 0. The maximum atomic E-state index is 12.9. The molecule has 0 aromatic heterocycles. The van der Waals surface area contributed by atoms with Crippen LogP contribution >= 0.6 is 0 Å². The van der Waals surface area contributed by atoms with Crippen molar-refractivity contribution >= 4 is 11.5 Å². The Labute approximate surface area is 173 Å². The Bertz CT molecular complexity index is 906. The van der Waals surface area contributed by atoms with Gasteiger partial charge in [-0.1, -0.05) is 36.4 Å². The van der Waals surface area contributed by atoms with Gasteiger partial charge in [-0.25, -0.2) is 4.79 Å². The first-order valence-electron chi connectivity index (χ1n) is 9.86. The van der Waals surface area contributed by atoms with Gasteiger partial charge in [0.25, 0.3) is 0 Å². The van der Waals surface area contributed by atoms with E-state index in [0.717, 1.165) is 36.3 Å². The lowest BCUT2D eigenvalue weighted by molar-refractivity contribution is -0.138. The van der Waals surface area contributed by atoms with Crippen LogP contribution in [0.2, 0.25) is 0 Å². The number of esters is 1. The highest BCUT2D eigenvalue weighted by Gasteiger charge is 2.30. The van der Waals surface area contributed by atoms with Crippen LogP contribution in [0.5, 0.6) is 5.75 Å².